The Balaban J connectivity index is 2.04. The van der Waals surface area contributed by atoms with Crippen molar-refractivity contribution >= 4 is 11.8 Å². The summed E-state index contributed by atoms with van der Waals surface area (Å²) in [7, 11) is 0. The number of hydrogen-bond donors (Lipinski definition) is 1. The van der Waals surface area contributed by atoms with E-state index < -0.39 is 0 Å². The van der Waals surface area contributed by atoms with Gasteiger partial charge in [0.15, 0.2) is 0 Å². The molecule has 0 aliphatic carbocycles. The molecule has 1 aliphatic heterocycles. The minimum Gasteiger partial charge on any atom is -0.377 e. The molecule has 1 N–H and O–H groups in total. The first-order valence-electron chi connectivity index (χ1n) is 5.98. The van der Waals surface area contributed by atoms with Crippen molar-refractivity contribution in [3.8, 4) is 0 Å². The van der Waals surface area contributed by atoms with Crippen LogP contribution >= 0.6 is 11.8 Å². The fourth-order valence-corrected chi connectivity index (χ4v) is 2.60. The SMILES string of the molecule is CC(NCCSC(C)(C)C)C1CCCO1. The summed E-state index contributed by atoms with van der Waals surface area (Å²) in [6.07, 6.45) is 2.90. The largest absolute Gasteiger partial charge is 0.377 e. The number of nitrogens with one attached hydrogen (secondary N) is 1. The summed E-state index contributed by atoms with van der Waals surface area (Å²) < 4.78 is 6.03. The van der Waals surface area contributed by atoms with Crippen LogP contribution in [0.2, 0.25) is 0 Å². The van der Waals surface area contributed by atoms with Gasteiger partial charge >= 0.3 is 0 Å². The monoisotopic (exact) mass is 231 g/mol. The molecule has 1 fully saturated rings. The maximum atomic E-state index is 5.64. The second kappa shape index (κ2) is 6.12. The summed E-state index contributed by atoms with van der Waals surface area (Å²) in [5, 5.41) is 3.55. The normalized spacial score (nSPS) is 24.4. The molecule has 2 unspecified atom stereocenters. The van der Waals surface area contributed by atoms with E-state index >= 15 is 0 Å². The molecule has 0 aromatic rings. The van der Waals surface area contributed by atoms with E-state index in [2.05, 4.69) is 33.0 Å². The van der Waals surface area contributed by atoms with E-state index in [1.54, 1.807) is 0 Å². The molecule has 0 amide bonds. The van der Waals surface area contributed by atoms with Crippen molar-refractivity contribution in [1.29, 1.82) is 0 Å². The predicted octanol–water partition coefficient (Wildman–Crippen LogP) is 2.68. The highest BCUT2D eigenvalue weighted by atomic mass is 32.2. The molecule has 0 spiro atoms. The lowest BCUT2D eigenvalue weighted by Crippen LogP contribution is -2.38. The number of ether oxygens (including phenoxy) is 1. The second-order valence-electron chi connectivity index (χ2n) is 5.26. The van der Waals surface area contributed by atoms with Crippen molar-refractivity contribution in [2.24, 2.45) is 0 Å². The van der Waals surface area contributed by atoms with Crippen LogP contribution in [0.4, 0.5) is 0 Å². The molecule has 0 saturated carbocycles. The average molecular weight is 231 g/mol. The van der Waals surface area contributed by atoms with Crippen molar-refractivity contribution in [1.82, 2.24) is 5.32 Å². The van der Waals surface area contributed by atoms with Crippen LogP contribution < -0.4 is 5.32 Å². The van der Waals surface area contributed by atoms with E-state index in [0.717, 1.165) is 13.2 Å². The Morgan fingerprint density at radius 2 is 2.20 bits per heavy atom. The second-order valence-corrected chi connectivity index (χ2v) is 7.18. The maximum absolute atomic E-state index is 5.64. The van der Waals surface area contributed by atoms with Crippen molar-refractivity contribution < 1.29 is 4.74 Å². The Morgan fingerprint density at radius 3 is 2.73 bits per heavy atom. The smallest absolute Gasteiger partial charge is 0.0726 e. The van der Waals surface area contributed by atoms with Crippen LogP contribution in [0.15, 0.2) is 0 Å². The van der Waals surface area contributed by atoms with Crippen LogP contribution in [-0.2, 0) is 4.74 Å². The third-order valence-corrected chi connectivity index (χ3v) is 3.90. The Labute approximate surface area is 98.5 Å². The highest BCUT2D eigenvalue weighted by molar-refractivity contribution is 8.00. The Morgan fingerprint density at radius 1 is 1.47 bits per heavy atom. The Kier molecular flexibility index (Phi) is 5.44. The summed E-state index contributed by atoms with van der Waals surface area (Å²) in [6.45, 7) is 11.1. The summed E-state index contributed by atoms with van der Waals surface area (Å²) >= 11 is 2.01. The third kappa shape index (κ3) is 5.79. The molecule has 3 heteroatoms. The van der Waals surface area contributed by atoms with Gasteiger partial charge < -0.3 is 10.1 Å². The first kappa shape index (κ1) is 13.3. The average Bonchev–Trinajstić information content (AvgIpc) is 2.63. The van der Waals surface area contributed by atoms with E-state index in [1.807, 2.05) is 11.8 Å². The zero-order chi connectivity index (χ0) is 11.3. The molecule has 1 rings (SSSR count). The van der Waals surface area contributed by atoms with Gasteiger partial charge in [0.25, 0.3) is 0 Å². The summed E-state index contributed by atoms with van der Waals surface area (Å²) in [5.74, 6) is 1.18. The molecule has 1 saturated heterocycles. The fourth-order valence-electron chi connectivity index (χ4n) is 1.77. The minimum atomic E-state index is 0.384. The van der Waals surface area contributed by atoms with E-state index in [1.165, 1.54) is 18.6 Å². The molecule has 1 aliphatic rings. The van der Waals surface area contributed by atoms with Gasteiger partial charge in [0.2, 0.25) is 0 Å². The molecule has 15 heavy (non-hydrogen) atoms. The predicted molar refractivity (Wildman–Crippen MR) is 68.6 cm³/mol. The lowest BCUT2D eigenvalue weighted by Gasteiger charge is -2.22. The van der Waals surface area contributed by atoms with Crippen LogP contribution in [0, 0.1) is 0 Å². The van der Waals surface area contributed by atoms with Crippen molar-refractivity contribution in [2.75, 3.05) is 18.9 Å². The van der Waals surface area contributed by atoms with Crippen LogP contribution in [0.5, 0.6) is 0 Å². The number of hydrogen-bond acceptors (Lipinski definition) is 3. The van der Waals surface area contributed by atoms with Gasteiger partial charge in [0, 0.05) is 29.7 Å². The zero-order valence-electron chi connectivity index (χ0n) is 10.5. The fraction of sp³-hybridized carbons (Fsp3) is 1.00. The van der Waals surface area contributed by atoms with Gasteiger partial charge in [-0.25, -0.2) is 0 Å². The molecular weight excluding hydrogens is 206 g/mol. The Hall–Kier alpha value is 0.270. The minimum absolute atomic E-state index is 0.384. The zero-order valence-corrected chi connectivity index (χ0v) is 11.3. The molecule has 1 heterocycles. The molecule has 0 aromatic heterocycles. The van der Waals surface area contributed by atoms with Gasteiger partial charge in [-0.1, -0.05) is 20.8 Å². The van der Waals surface area contributed by atoms with Gasteiger partial charge in [0.05, 0.1) is 6.10 Å². The van der Waals surface area contributed by atoms with E-state index in [4.69, 9.17) is 4.74 Å². The lowest BCUT2D eigenvalue weighted by atomic mass is 10.1. The molecule has 90 valence electrons. The van der Waals surface area contributed by atoms with Crippen LogP contribution in [0.3, 0.4) is 0 Å². The summed E-state index contributed by atoms with van der Waals surface area (Å²) in [5.41, 5.74) is 0. The first-order valence-corrected chi connectivity index (χ1v) is 6.96. The van der Waals surface area contributed by atoms with Gasteiger partial charge in [-0.15, -0.1) is 0 Å². The lowest BCUT2D eigenvalue weighted by molar-refractivity contribution is 0.0844. The third-order valence-electron chi connectivity index (χ3n) is 2.63. The summed E-state index contributed by atoms with van der Waals surface area (Å²) in [6, 6.07) is 0.507. The van der Waals surface area contributed by atoms with Gasteiger partial charge in [0.1, 0.15) is 0 Å². The molecule has 0 bridgehead atoms. The first-order chi connectivity index (χ1) is 6.99. The summed E-state index contributed by atoms with van der Waals surface area (Å²) in [4.78, 5) is 0. The molecular formula is C12H25NOS. The number of thioether (sulfide) groups is 1. The molecule has 2 nitrogen and oxygen atoms in total. The topological polar surface area (TPSA) is 21.3 Å². The van der Waals surface area contributed by atoms with Crippen LogP contribution in [0.1, 0.15) is 40.5 Å². The van der Waals surface area contributed by atoms with E-state index in [9.17, 15) is 0 Å². The Bertz CT molecular complexity index is 173. The maximum Gasteiger partial charge on any atom is 0.0726 e. The molecule has 2 atom stereocenters. The van der Waals surface area contributed by atoms with Gasteiger partial charge in [-0.2, -0.15) is 11.8 Å². The van der Waals surface area contributed by atoms with Crippen molar-refractivity contribution in [3.63, 3.8) is 0 Å². The van der Waals surface area contributed by atoms with Gasteiger partial charge in [-0.05, 0) is 19.8 Å². The van der Waals surface area contributed by atoms with Crippen molar-refractivity contribution in [3.05, 3.63) is 0 Å². The van der Waals surface area contributed by atoms with E-state index in [-0.39, 0.29) is 0 Å². The number of rotatable bonds is 5. The molecule has 0 radical (unpaired) electrons. The highest BCUT2D eigenvalue weighted by Gasteiger charge is 2.21. The molecule has 0 aromatic carbocycles. The van der Waals surface area contributed by atoms with Gasteiger partial charge in [-0.3, -0.25) is 0 Å². The van der Waals surface area contributed by atoms with Crippen LogP contribution in [0.25, 0.3) is 0 Å². The van der Waals surface area contributed by atoms with Crippen LogP contribution in [-0.4, -0.2) is 35.8 Å². The standard InChI is InChI=1S/C12H25NOS/c1-10(11-6-5-8-14-11)13-7-9-15-12(2,3)4/h10-11,13H,5-9H2,1-4H3. The van der Waals surface area contributed by atoms with Crippen molar-refractivity contribution in [2.45, 2.75) is 57.4 Å². The highest BCUT2D eigenvalue weighted by Crippen LogP contribution is 2.22. The van der Waals surface area contributed by atoms with E-state index in [0.29, 0.717) is 16.9 Å². The quantitative estimate of drug-likeness (QED) is 0.735.